The standard InChI is InChI=1S/C20H28N4O3/c1-23(15-19-21-18(22-27-19)10-12-26-2)20(25)17-9-6-11-24(14-17)13-16-7-4-3-5-8-16/h3-5,7-8,17H,6,9-15H2,1-2H3. The van der Waals surface area contributed by atoms with E-state index in [0.717, 1.165) is 32.5 Å². The molecule has 0 aliphatic carbocycles. The quantitative estimate of drug-likeness (QED) is 0.707. The van der Waals surface area contributed by atoms with Crippen LogP contribution in [0.4, 0.5) is 0 Å². The smallest absolute Gasteiger partial charge is 0.246 e. The van der Waals surface area contributed by atoms with E-state index >= 15 is 0 Å². The molecule has 27 heavy (non-hydrogen) atoms. The second-order valence-corrected chi connectivity index (χ2v) is 7.10. The Morgan fingerprint density at radius 2 is 2.19 bits per heavy atom. The highest BCUT2D eigenvalue weighted by molar-refractivity contribution is 5.78. The summed E-state index contributed by atoms with van der Waals surface area (Å²) in [6.07, 6.45) is 2.57. The molecule has 2 heterocycles. The zero-order chi connectivity index (χ0) is 19.1. The molecule has 1 unspecified atom stereocenters. The number of nitrogens with zero attached hydrogens (tertiary/aromatic N) is 4. The van der Waals surface area contributed by atoms with Crippen LogP contribution in [0.1, 0.15) is 30.1 Å². The third-order valence-corrected chi connectivity index (χ3v) is 4.89. The first-order valence-electron chi connectivity index (χ1n) is 9.47. The van der Waals surface area contributed by atoms with Crippen LogP contribution in [-0.4, -0.2) is 59.7 Å². The van der Waals surface area contributed by atoms with Crippen molar-refractivity contribution < 1.29 is 14.1 Å². The maximum atomic E-state index is 12.9. The van der Waals surface area contributed by atoms with Crippen molar-refractivity contribution in [3.63, 3.8) is 0 Å². The second kappa shape index (κ2) is 9.62. The number of hydrogen-bond acceptors (Lipinski definition) is 6. The summed E-state index contributed by atoms with van der Waals surface area (Å²) in [4.78, 5) is 21.3. The predicted molar refractivity (Wildman–Crippen MR) is 101 cm³/mol. The van der Waals surface area contributed by atoms with E-state index in [2.05, 4.69) is 39.3 Å². The predicted octanol–water partition coefficient (Wildman–Crippen LogP) is 2.13. The molecule has 1 aliphatic rings. The fourth-order valence-electron chi connectivity index (χ4n) is 3.48. The molecule has 0 bridgehead atoms. The number of hydrogen-bond donors (Lipinski definition) is 0. The number of likely N-dealkylation sites (tertiary alicyclic amines) is 1. The Morgan fingerprint density at radius 3 is 2.96 bits per heavy atom. The molecule has 3 rings (SSSR count). The van der Waals surface area contributed by atoms with E-state index in [9.17, 15) is 4.79 Å². The van der Waals surface area contributed by atoms with Crippen molar-refractivity contribution in [1.82, 2.24) is 19.9 Å². The summed E-state index contributed by atoms with van der Waals surface area (Å²) in [7, 11) is 3.44. The van der Waals surface area contributed by atoms with Crippen LogP contribution in [0.25, 0.3) is 0 Å². The number of aromatic nitrogens is 2. The number of benzene rings is 1. The van der Waals surface area contributed by atoms with Gasteiger partial charge in [0.1, 0.15) is 0 Å². The minimum Gasteiger partial charge on any atom is -0.384 e. The fraction of sp³-hybridized carbons (Fsp3) is 0.550. The molecule has 1 fully saturated rings. The summed E-state index contributed by atoms with van der Waals surface area (Å²) in [5.41, 5.74) is 1.29. The van der Waals surface area contributed by atoms with Crippen LogP contribution in [0.15, 0.2) is 34.9 Å². The summed E-state index contributed by atoms with van der Waals surface area (Å²) in [5.74, 6) is 1.24. The number of amides is 1. The summed E-state index contributed by atoms with van der Waals surface area (Å²) >= 11 is 0. The number of methoxy groups -OCH3 is 1. The van der Waals surface area contributed by atoms with E-state index < -0.39 is 0 Å². The number of carbonyl (C=O) groups is 1. The maximum absolute atomic E-state index is 12.9. The van der Waals surface area contributed by atoms with Gasteiger partial charge in [-0.15, -0.1) is 0 Å². The van der Waals surface area contributed by atoms with Gasteiger partial charge in [0.15, 0.2) is 5.82 Å². The van der Waals surface area contributed by atoms with Crippen LogP contribution in [0.5, 0.6) is 0 Å². The Morgan fingerprint density at radius 1 is 1.37 bits per heavy atom. The highest BCUT2D eigenvalue weighted by Crippen LogP contribution is 2.21. The summed E-state index contributed by atoms with van der Waals surface area (Å²) in [5, 5.41) is 3.93. The van der Waals surface area contributed by atoms with E-state index in [1.807, 2.05) is 6.07 Å². The molecule has 0 N–H and O–H groups in total. The van der Waals surface area contributed by atoms with Crippen molar-refractivity contribution in [2.45, 2.75) is 32.4 Å². The molecular weight excluding hydrogens is 344 g/mol. The van der Waals surface area contributed by atoms with Crippen molar-refractivity contribution in [1.29, 1.82) is 0 Å². The average molecular weight is 372 g/mol. The van der Waals surface area contributed by atoms with Crippen molar-refractivity contribution in [3.8, 4) is 0 Å². The minimum atomic E-state index is 0.0170. The maximum Gasteiger partial charge on any atom is 0.246 e. The molecule has 0 radical (unpaired) electrons. The molecule has 0 saturated carbocycles. The van der Waals surface area contributed by atoms with E-state index in [1.165, 1.54) is 5.56 Å². The molecule has 7 nitrogen and oxygen atoms in total. The van der Waals surface area contributed by atoms with E-state index in [-0.39, 0.29) is 11.8 Å². The third kappa shape index (κ3) is 5.61. The lowest BCUT2D eigenvalue weighted by molar-refractivity contribution is -0.137. The van der Waals surface area contributed by atoms with Crippen LogP contribution in [0, 0.1) is 5.92 Å². The minimum absolute atomic E-state index is 0.0170. The Hall–Kier alpha value is -2.25. The lowest BCUT2D eigenvalue weighted by atomic mass is 9.96. The summed E-state index contributed by atoms with van der Waals surface area (Å²) in [6.45, 7) is 3.61. The molecule has 146 valence electrons. The molecular formula is C20H28N4O3. The molecule has 7 heteroatoms. The molecule has 2 aromatic rings. The van der Waals surface area contributed by atoms with E-state index in [4.69, 9.17) is 9.26 Å². The van der Waals surface area contributed by atoms with Crippen LogP contribution in [0.3, 0.4) is 0 Å². The highest BCUT2D eigenvalue weighted by Gasteiger charge is 2.28. The Labute approximate surface area is 160 Å². The first kappa shape index (κ1) is 19.5. The van der Waals surface area contributed by atoms with Gasteiger partial charge in [0, 0.05) is 33.7 Å². The average Bonchev–Trinajstić information content (AvgIpc) is 3.14. The van der Waals surface area contributed by atoms with Gasteiger partial charge in [0.2, 0.25) is 11.8 Å². The molecule has 1 aromatic heterocycles. The van der Waals surface area contributed by atoms with Gasteiger partial charge in [-0.25, -0.2) is 0 Å². The van der Waals surface area contributed by atoms with Crippen molar-refractivity contribution >= 4 is 5.91 Å². The van der Waals surface area contributed by atoms with Gasteiger partial charge < -0.3 is 14.2 Å². The third-order valence-electron chi connectivity index (χ3n) is 4.89. The SMILES string of the molecule is COCCc1noc(CN(C)C(=O)C2CCCN(Cc3ccccc3)C2)n1. The molecule has 0 spiro atoms. The van der Waals surface area contributed by atoms with Crippen LogP contribution in [0.2, 0.25) is 0 Å². The fourth-order valence-corrected chi connectivity index (χ4v) is 3.48. The lowest BCUT2D eigenvalue weighted by Crippen LogP contribution is -2.43. The van der Waals surface area contributed by atoms with Crippen LogP contribution >= 0.6 is 0 Å². The molecule has 1 amide bonds. The number of piperidine rings is 1. The van der Waals surface area contributed by atoms with Gasteiger partial charge in [0.05, 0.1) is 19.1 Å². The monoisotopic (exact) mass is 372 g/mol. The van der Waals surface area contributed by atoms with Gasteiger partial charge in [-0.2, -0.15) is 4.98 Å². The Kier molecular flexibility index (Phi) is 6.95. The van der Waals surface area contributed by atoms with Gasteiger partial charge in [-0.05, 0) is 24.9 Å². The second-order valence-electron chi connectivity index (χ2n) is 7.10. The van der Waals surface area contributed by atoms with Crippen molar-refractivity contribution in [2.75, 3.05) is 33.9 Å². The van der Waals surface area contributed by atoms with Gasteiger partial charge in [-0.1, -0.05) is 35.5 Å². The van der Waals surface area contributed by atoms with Crippen molar-refractivity contribution in [2.24, 2.45) is 5.92 Å². The number of carbonyl (C=O) groups excluding carboxylic acids is 1. The van der Waals surface area contributed by atoms with Crippen LogP contribution in [-0.2, 0) is 29.0 Å². The Balaban J connectivity index is 1.52. The summed E-state index contributed by atoms with van der Waals surface area (Å²) in [6, 6.07) is 10.4. The largest absolute Gasteiger partial charge is 0.384 e. The first-order valence-corrected chi connectivity index (χ1v) is 9.47. The van der Waals surface area contributed by atoms with Gasteiger partial charge in [0.25, 0.3) is 0 Å². The van der Waals surface area contributed by atoms with Crippen molar-refractivity contribution in [3.05, 3.63) is 47.6 Å². The first-order chi connectivity index (χ1) is 13.2. The zero-order valence-electron chi connectivity index (χ0n) is 16.1. The zero-order valence-corrected chi connectivity index (χ0v) is 16.1. The normalized spacial score (nSPS) is 17.8. The van der Waals surface area contributed by atoms with E-state index in [1.54, 1.807) is 19.1 Å². The molecule has 1 aliphatic heterocycles. The summed E-state index contributed by atoms with van der Waals surface area (Å²) < 4.78 is 10.3. The van der Waals surface area contributed by atoms with Gasteiger partial charge >= 0.3 is 0 Å². The molecule has 1 aromatic carbocycles. The lowest BCUT2D eigenvalue weighted by Gasteiger charge is -2.33. The molecule has 1 atom stereocenters. The number of rotatable bonds is 8. The van der Waals surface area contributed by atoms with Crippen LogP contribution < -0.4 is 0 Å². The Bertz CT molecular complexity index is 719. The highest BCUT2D eigenvalue weighted by atomic mass is 16.5. The molecule has 1 saturated heterocycles. The van der Waals surface area contributed by atoms with E-state index in [0.29, 0.717) is 31.3 Å². The van der Waals surface area contributed by atoms with Gasteiger partial charge in [-0.3, -0.25) is 9.69 Å². The topological polar surface area (TPSA) is 71.7 Å². The number of ether oxygens (including phenoxy) is 1.